The Hall–Kier alpha value is -1.68. The molecule has 0 spiro atoms. The molecule has 0 saturated carbocycles. The number of hydrogen-bond acceptors (Lipinski definition) is 3. The highest BCUT2D eigenvalue weighted by Gasteiger charge is 1.96. The van der Waals surface area contributed by atoms with Crippen molar-refractivity contribution in [3.05, 3.63) is 41.7 Å². The fourth-order valence-electron chi connectivity index (χ4n) is 1.07. The fraction of sp³-hybridized carbons (Fsp3) is 0.273. The van der Waals surface area contributed by atoms with E-state index in [0.29, 0.717) is 18.8 Å². The highest BCUT2D eigenvalue weighted by Crippen LogP contribution is 2.00. The average molecular weight is 207 g/mol. The third-order valence-corrected chi connectivity index (χ3v) is 1.69. The predicted molar refractivity (Wildman–Crippen MR) is 55.3 cm³/mol. The van der Waals surface area contributed by atoms with Crippen LogP contribution in [-0.4, -0.2) is 22.7 Å². The Bertz CT molecular complexity index is 346. The molecule has 1 aromatic heterocycles. The largest absolute Gasteiger partial charge is 0.478 e. The van der Waals surface area contributed by atoms with Crippen LogP contribution in [0.25, 0.3) is 0 Å². The second-order valence-corrected chi connectivity index (χ2v) is 3.18. The maximum absolute atomic E-state index is 10.3. The molecule has 15 heavy (non-hydrogen) atoms. The van der Waals surface area contributed by atoms with Gasteiger partial charge in [0.15, 0.2) is 0 Å². The number of carbonyl (C=O) groups is 1. The van der Waals surface area contributed by atoms with Crippen molar-refractivity contribution in [3.63, 3.8) is 0 Å². The molecule has 1 aromatic rings. The number of hydrogen-bond donors (Lipinski definition) is 1. The summed E-state index contributed by atoms with van der Waals surface area (Å²) in [6.07, 6.45) is 4.55. The van der Waals surface area contributed by atoms with Crippen molar-refractivity contribution < 1.29 is 14.6 Å². The Balaban J connectivity index is 2.31. The number of rotatable bonds is 5. The van der Waals surface area contributed by atoms with Crippen LogP contribution in [0, 0.1) is 0 Å². The van der Waals surface area contributed by atoms with E-state index in [4.69, 9.17) is 9.84 Å². The van der Waals surface area contributed by atoms with Gasteiger partial charge in [-0.15, -0.1) is 0 Å². The number of aromatic nitrogens is 1. The standard InChI is InChI=1S/C11H13NO3/c1-9(5-11(13)14)7-15-8-10-3-2-4-12-6-10/h2-6H,7-8H2,1H3,(H,13,14)/b9-5-. The van der Waals surface area contributed by atoms with Crippen molar-refractivity contribution in [2.75, 3.05) is 6.61 Å². The molecular formula is C11H13NO3. The van der Waals surface area contributed by atoms with Gasteiger partial charge in [-0.1, -0.05) is 6.07 Å². The molecule has 80 valence electrons. The Kier molecular flexibility index (Phi) is 4.50. The molecule has 0 bridgehead atoms. The summed E-state index contributed by atoms with van der Waals surface area (Å²) in [5.41, 5.74) is 1.66. The van der Waals surface area contributed by atoms with Gasteiger partial charge in [0.25, 0.3) is 0 Å². The molecule has 1 rings (SSSR count). The minimum absolute atomic E-state index is 0.321. The fourth-order valence-corrected chi connectivity index (χ4v) is 1.07. The Morgan fingerprint density at radius 3 is 3.07 bits per heavy atom. The van der Waals surface area contributed by atoms with Gasteiger partial charge in [-0.2, -0.15) is 0 Å². The van der Waals surface area contributed by atoms with E-state index in [-0.39, 0.29) is 0 Å². The van der Waals surface area contributed by atoms with Crippen LogP contribution in [0.3, 0.4) is 0 Å². The first-order valence-corrected chi connectivity index (χ1v) is 4.55. The minimum atomic E-state index is -0.947. The van der Waals surface area contributed by atoms with Crippen molar-refractivity contribution in [3.8, 4) is 0 Å². The van der Waals surface area contributed by atoms with Gasteiger partial charge in [0.2, 0.25) is 0 Å². The molecule has 4 nitrogen and oxygen atoms in total. The molecular weight excluding hydrogens is 194 g/mol. The van der Waals surface area contributed by atoms with E-state index in [2.05, 4.69) is 4.98 Å². The lowest BCUT2D eigenvalue weighted by Crippen LogP contribution is -1.99. The molecule has 0 unspecified atom stereocenters. The summed E-state index contributed by atoms with van der Waals surface area (Å²) in [6.45, 7) is 2.48. The molecule has 1 N–H and O–H groups in total. The number of ether oxygens (including phenoxy) is 1. The van der Waals surface area contributed by atoms with Gasteiger partial charge in [-0.25, -0.2) is 4.79 Å². The number of aliphatic carboxylic acids is 1. The number of pyridine rings is 1. The zero-order chi connectivity index (χ0) is 11.1. The van der Waals surface area contributed by atoms with Crippen molar-refractivity contribution in [1.29, 1.82) is 0 Å². The minimum Gasteiger partial charge on any atom is -0.478 e. The normalized spacial score (nSPS) is 11.4. The summed E-state index contributed by atoms with van der Waals surface area (Å²) in [5.74, 6) is -0.947. The van der Waals surface area contributed by atoms with Crippen molar-refractivity contribution in [2.24, 2.45) is 0 Å². The van der Waals surface area contributed by atoms with Gasteiger partial charge in [0, 0.05) is 18.5 Å². The molecule has 1 heterocycles. The second-order valence-electron chi connectivity index (χ2n) is 3.18. The van der Waals surface area contributed by atoms with E-state index in [1.807, 2.05) is 12.1 Å². The monoisotopic (exact) mass is 207 g/mol. The van der Waals surface area contributed by atoms with E-state index < -0.39 is 5.97 Å². The molecule has 0 aromatic carbocycles. The lowest BCUT2D eigenvalue weighted by Gasteiger charge is -2.03. The van der Waals surface area contributed by atoms with Crippen LogP contribution < -0.4 is 0 Å². The lowest BCUT2D eigenvalue weighted by molar-refractivity contribution is -0.131. The van der Waals surface area contributed by atoms with E-state index in [1.54, 1.807) is 19.3 Å². The van der Waals surface area contributed by atoms with Crippen LogP contribution in [0.1, 0.15) is 12.5 Å². The van der Waals surface area contributed by atoms with Crippen LogP contribution in [-0.2, 0) is 16.1 Å². The number of nitrogens with zero attached hydrogens (tertiary/aromatic N) is 1. The zero-order valence-corrected chi connectivity index (χ0v) is 8.51. The van der Waals surface area contributed by atoms with Crippen LogP contribution in [0.2, 0.25) is 0 Å². The van der Waals surface area contributed by atoms with Gasteiger partial charge < -0.3 is 9.84 Å². The third kappa shape index (κ3) is 4.93. The van der Waals surface area contributed by atoms with Gasteiger partial charge in [0.05, 0.1) is 13.2 Å². The van der Waals surface area contributed by atoms with Crippen LogP contribution in [0.4, 0.5) is 0 Å². The van der Waals surface area contributed by atoms with Crippen LogP contribution in [0.5, 0.6) is 0 Å². The van der Waals surface area contributed by atoms with Crippen molar-refractivity contribution in [2.45, 2.75) is 13.5 Å². The van der Waals surface area contributed by atoms with E-state index in [9.17, 15) is 4.79 Å². The molecule has 0 radical (unpaired) electrons. The van der Waals surface area contributed by atoms with Crippen LogP contribution in [0.15, 0.2) is 36.2 Å². The lowest BCUT2D eigenvalue weighted by atomic mass is 10.3. The molecule has 0 fully saturated rings. The first-order valence-electron chi connectivity index (χ1n) is 4.55. The van der Waals surface area contributed by atoms with Gasteiger partial charge in [-0.05, 0) is 24.1 Å². The van der Waals surface area contributed by atoms with Crippen molar-refractivity contribution >= 4 is 5.97 Å². The summed E-state index contributed by atoms with van der Waals surface area (Å²) in [5, 5.41) is 8.46. The number of carboxylic acid groups (broad SMARTS) is 1. The van der Waals surface area contributed by atoms with E-state index in [1.165, 1.54) is 0 Å². The summed E-state index contributed by atoms with van der Waals surface area (Å²) < 4.78 is 5.31. The first kappa shape index (κ1) is 11.4. The predicted octanol–water partition coefficient (Wildman–Crippen LogP) is 1.63. The summed E-state index contributed by atoms with van der Waals surface area (Å²) in [6, 6.07) is 3.74. The average Bonchev–Trinajstić information content (AvgIpc) is 2.18. The Labute approximate surface area is 88.2 Å². The zero-order valence-electron chi connectivity index (χ0n) is 8.51. The van der Waals surface area contributed by atoms with E-state index >= 15 is 0 Å². The topological polar surface area (TPSA) is 59.4 Å². The highest BCUT2D eigenvalue weighted by molar-refractivity contribution is 5.80. The summed E-state index contributed by atoms with van der Waals surface area (Å²) in [4.78, 5) is 14.2. The summed E-state index contributed by atoms with van der Waals surface area (Å²) >= 11 is 0. The Morgan fingerprint density at radius 1 is 1.67 bits per heavy atom. The summed E-state index contributed by atoms with van der Waals surface area (Å²) in [7, 11) is 0. The van der Waals surface area contributed by atoms with Crippen molar-refractivity contribution in [1.82, 2.24) is 4.98 Å². The van der Waals surface area contributed by atoms with Crippen LogP contribution >= 0.6 is 0 Å². The molecule has 0 aliphatic carbocycles. The quantitative estimate of drug-likeness (QED) is 0.745. The highest BCUT2D eigenvalue weighted by atomic mass is 16.5. The second kappa shape index (κ2) is 5.93. The molecule has 4 heteroatoms. The third-order valence-electron chi connectivity index (χ3n) is 1.69. The Morgan fingerprint density at radius 2 is 2.47 bits per heavy atom. The SMILES string of the molecule is C/C(=C/C(=O)O)COCc1cccnc1. The maximum Gasteiger partial charge on any atom is 0.328 e. The molecule has 0 aliphatic rings. The first-order chi connectivity index (χ1) is 7.18. The van der Waals surface area contributed by atoms with Gasteiger partial charge in [0.1, 0.15) is 0 Å². The van der Waals surface area contributed by atoms with E-state index in [0.717, 1.165) is 11.6 Å². The molecule has 0 saturated heterocycles. The number of carboxylic acids is 1. The molecule has 0 atom stereocenters. The van der Waals surface area contributed by atoms with Gasteiger partial charge in [-0.3, -0.25) is 4.98 Å². The molecule has 0 aliphatic heterocycles. The smallest absolute Gasteiger partial charge is 0.328 e. The van der Waals surface area contributed by atoms with Gasteiger partial charge >= 0.3 is 5.97 Å². The maximum atomic E-state index is 10.3. The molecule has 0 amide bonds.